The van der Waals surface area contributed by atoms with E-state index in [1.807, 2.05) is 13.8 Å². The molecule has 0 aliphatic rings. The first kappa shape index (κ1) is 14.4. The number of carbonyl (C=O) groups is 1. The van der Waals surface area contributed by atoms with Crippen LogP contribution in [0.5, 0.6) is 5.75 Å². The van der Waals surface area contributed by atoms with Crippen LogP contribution in [0.2, 0.25) is 0 Å². The molecule has 2 N–H and O–H groups in total. The lowest BCUT2D eigenvalue weighted by Crippen LogP contribution is -2.32. The van der Waals surface area contributed by atoms with Gasteiger partial charge >= 0.3 is 0 Å². The molecule has 5 heteroatoms. The number of aryl methyl sites for hydroxylation is 1. The van der Waals surface area contributed by atoms with Crippen molar-refractivity contribution >= 4 is 11.7 Å². The molecule has 5 nitrogen and oxygen atoms in total. The van der Waals surface area contributed by atoms with E-state index in [2.05, 4.69) is 10.3 Å². The Balaban J connectivity index is 2.77. The van der Waals surface area contributed by atoms with Crippen molar-refractivity contribution in [1.82, 2.24) is 4.98 Å². The van der Waals surface area contributed by atoms with E-state index in [-0.39, 0.29) is 17.5 Å². The van der Waals surface area contributed by atoms with Crippen LogP contribution in [0.4, 0.5) is 5.82 Å². The van der Waals surface area contributed by atoms with Gasteiger partial charge in [0.15, 0.2) is 11.6 Å². The van der Waals surface area contributed by atoms with Crippen molar-refractivity contribution in [2.24, 2.45) is 5.41 Å². The van der Waals surface area contributed by atoms with E-state index >= 15 is 0 Å². The molecule has 1 aromatic heterocycles. The summed E-state index contributed by atoms with van der Waals surface area (Å²) < 4.78 is 4.98. The second kappa shape index (κ2) is 5.82. The van der Waals surface area contributed by atoms with Crippen molar-refractivity contribution in [2.45, 2.75) is 27.2 Å². The molecule has 18 heavy (non-hydrogen) atoms. The van der Waals surface area contributed by atoms with Crippen LogP contribution in [0.3, 0.4) is 0 Å². The molecular weight excluding hydrogens is 232 g/mol. The maximum atomic E-state index is 12.1. The van der Waals surface area contributed by atoms with Gasteiger partial charge in [-0.25, -0.2) is 4.98 Å². The van der Waals surface area contributed by atoms with Crippen molar-refractivity contribution in [3.05, 3.63) is 17.8 Å². The first-order chi connectivity index (χ1) is 8.36. The van der Waals surface area contributed by atoms with E-state index in [4.69, 9.17) is 4.74 Å². The number of methoxy groups -OCH3 is 1. The predicted molar refractivity (Wildman–Crippen MR) is 69.5 cm³/mol. The molecule has 0 saturated heterocycles. The fraction of sp³-hybridized carbons (Fsp3) is 0.538. The number of rotatable bonds is 5. The molecule has 0 aliphatic heterocycles. The highest BCUT2D eigenvalue weighted by atomic mass is 16.5. The lowest BCUT2D eigenvalue weighted by Gasteiger charge is -2.23. The predicted octanol–water partition coefficient (Wildman–Crippen LogP) is 2.10. The zero-order chi connectivity index (χ0) is 13.8. The molecule has 0 saturated carbocycles. The van der Waals surface area contributed by atoms with Crippen LogP contribution in [-0.4, -0.2) is 29.7 Å². The van der Waals surface area contributed by atoms with Crippen LogP contribution in [-0.2, 0) is 9.53 Å². The lowest BCUT2D eigenvalue weighted by atomic mass is 9.88. The number of anilines is 1. The van der Waals surface area contributed by atoms with Gasteiger partial charge in [-0.3, -0.25) is 4.79 Å². The number of carbonyl (C=O) groups excluding carboxylic acids is 1. The topological polar surface area (TPSA) is 71.5 Å². The fourth-order valence-corrected chi connectivity index (χ4v) is 1.39. The minimum absolute atomic E-state index is 0.0310. The molecule has 1 aromatic rings. The molecule has 0 bridgehead atoms. The van der Waals surface area contributed by atoms with E-state index in [0.29, 0.717) is 13.0 Å². The first-order valence-corrected chi connectivity index (χ1v) is 5.84. The van der Waals surface area contributed by atoms with Gasteiger partial charge in [0.2, 0.25) is 5.91 Å². The van der Waals surface area contributed by atoms with E-state index in [1.54, 1.807) is 20.1 Å². The van der Waals surface area contributed by atoms with Gasteiger partial charge in [0, 0.05) is 24.8 Å². The average Bonchev–Trinajstić information content (AvgIpc) is 2.31. The van der Waals surface area contributed by atoms with Crippen molar-refractivity contribution in [3.63, 3.8) is 0 Å². The van der Waals surface area contributed by atoms with Gasteiger partial charge in [0.25, 0.3) is 0 Å². The number of aromatic hydroxyl groups is 1. The summed E-state index contributed by atoms with van der Waals surface area (Å²) in [4.78, 5) is 16.2. The van der Waals surface area contributed by atoms with Crippen molar-refractivity contribution in [1.29, 1.82) is 0 Å². The van der Waals surface area contributed by atoms with Crippen LogP contribution in [0.15, 0.2) is 12.1 Å². The quantitative estimate of drug-likeness (QED) is 0.841. The molecule has 1 amide bonds. The summed E-state index contributed by atoms with van der Waals surface area (Å²) in [5, 5.41) is 12.3. The minimum Gasteiger partial charge on any atom is -0.504 e. The third kappa shape index (κ3) is 3.70. The Kier molecular flexibility index (Phi) is 4.67. The standard InChI is InChI=1S/C13H20N2O3/c1-9-5-6-10(16)11(14-9)15-12(17)13(2,3)7-8-18-4/h5-6,16H,7-8H2,1-4H3,(H,14,15,17). The summed E-state index contributed by atoms with van der Waals surface area (Å²) in [6.07, 6.45) is 0.599. The van der Waals surface area contributed by atoms with E-state index in [9.17, 15) is 9.90 Å². The van der Waals surface area contributed by atoms with E-state index in [1.165, 1.54) is 6.07 Å². The maximum absolute atomic E-state index is 12.1. The van der Waals surface area contributed by atoms with Crippen LogP contribution in [0, 0.1) is 12.3 Å². The second-order valence-corrected chi connectivity index (χ2v) is 4.90. The minimum atomic E-state index is -0.576. The summed E-state index contributed by atoms with van der Waals surface area (Å²) in [6.45, 7) is 5.96. The summed E-state index contributed by atoms with van der Waals surface area (Å²) in [6, 6.07) is 3.20. The van der Waals surface area contributed by atoms with E-state index in [0.717, 1.165) is 5.69 Å². The molecule has 100 valence electrons. The highest BCUT2D eigenvalue weighted by Crippen LogP contribution is 2.26. The monoisotopic (exact) mass is 252 g/mol. The zero-order valence-electron chi connectivity index (χ0n) is 11.3. The smallest absolute Gasteiger partial charge is 0.231 e. The molecule has 0 aliphatic carbocycles. The Morgan fingerprint density at radius 2 is 2.17 bits per heavy atom. The number of pyridine rings is 1. The molecule has 0 unspecified atom stereocenters. The third-order valence-electron chi connectivity index (χ3n) is 2.79. The SMILES string of the molecule is COCCC(C)(C)C(=O)Nc1nc(C)ccc1O. The van der Waals surface area contributed by atoms with Gasteiger partial charge < -0.3 is 15.2 Å². The fourth-order valence-electron chi connectivity index (χ4n) is 1.39. The van der Waals surface area contributed by atoms with Crippen LogP contribution in [0.25, 0.3) is 0 Å². The Labute approximate surface area is 107 Å². The molecule has 1 rings (SSSR count). The van der Waals surface area contributed by atoms with Crippen molar-refractivity contribution in [2.75, 3.05) is 19.0 Å². The Bertz CT molecular complexity index is 430. The highest BCUT2D eigenvalue weighted by molar-refractivity contribution is 5.95. The van der Waals surface area contributed by atoms with Gasteiger partial charge in [0.1, 0.15) is 0 Å². The largest absolute Gasteiger partial charge is 0.504 e. The second-order valence-electron chi connectivity index (χ2n) is 4.90. The molecular formula is C13H20N2O3. The van der Waals surface area contributed by atoms with Crippen LogP contribution in [0.1, 0.15) is 26.0 Å². The number of hydrogen-bond acceptors (Lipinski definition) is 4. The Hall–Kier alpha value is -1.62. The van der Waals surface area contributed by atoms with E-state index < -0.39 is 5.41 Å². The number of aromatic nitrogens is 1. The van der Waals surface area contributed by atoms with Gasteiger partial charge in [0.05, 0.1) is 0 Å². The normalized spacial score (nSPS) is 11.3. The number of ether oxygens (including phenoxy) is 1. The molecule has 0 aromatic carbocycles. The van der Waals surface area contributed by atoms with Gasteiger partial charge in [-0.05, 0) is 25.5 Å². The summed E-state index contributed by atoms with van der Waals surface area (Å²) in [7, 11) is 1.60. The summed E-state index contributed by atoms with van der Waals surface area (Å²) in [5.74, 6) is -0.0186. The highest BCUT2D eigenvalue weighted by Gasteiger charge is 2.28. The van der Waals surface area contributed by atoms with Crippen LogP contribution < -0.4 is 5.32 Å². The molecule has 0 radical (unpaired) electrons. The molecule has 1 heterocycles. The molecule has 0 spiro atoms. The van der Waals surface area contributed by atoms with Crippen LogP contribution >= 0.6 is 0 Å². The average molecular weight is 252 g/mol. The van der Waals surface area contributed by atoms with Crippen molar-refractivity contribution in [3.8, 4) is 5.75 Å². The molecule has 0 atom stereocenters. The lowest BCUT2D eigenvalue weighted by molar-refractivity contribution is -0.124. The number of nitrogens with one attached hydrogen (secondary N) is 1. The number of nitrogens with zero attached hydrogens (tertiary/aromatic N) is 1. The van der Waals surface area contributed by atoms with Gasteiger partial charge in [-0.2, -0.15) is 0 Å². The van der Waals surface area contributed by atoms with Gasteiger partial charge in [-0.15, -0.1) is 0 Å². The third-order valence-corrected chi connectivity index (χ3v) is 2.79. The van der Waals surface area contributed by atoms with Crippen molar-refractivity contribution < 1.29 is 14.6 Å². The molecule has 0 fully saturated rings. The number of hydrogen-bond donors (Lipinski definition) is 2. The maximum Gasteiger partial charge on any atom is 0.231 e. The van der Waals surface area contributed by atoms with Gasteiger partial charge in [-0.1, -0.05) is 13.8 Å². The Morgan fingerprint density at radius 3 is 2.78 bits per heavy atom. The summed E-state index contributed by atoms with van der Waals surface area (Å²) >= 11 is 0. The number of amides is 1. The summed E-state index contributed by atoms with van der Waals surface area (Å²) in [5.41, 5.74) is 0.159. The zero-order valence-corrected chi connectivity index (χ0v) is 11.3. The Morgan fingerprint density at radius 1 is 1.50 bits per heavy atom. The first-order valence-electron chi connectivity index (χ1n) is 5.84.